The summed E-state index contributed by atoms with van der Waals surface area (Å²) in [5.74, 6) is 0. The van der Waals surface area contributed by atoms with Gasteiger partial charge in [0.1, 0.15) is 0 Å². The molecule has 0 saturated carbocycles. The molecule has 4 rings (SSSR count). The number of nitrogens with one attached hydrogen (secondary N) is 3. The molecular weight excluding hydrogens is 312 g/mol. The van der Waals surface area contributed by atoms with Crippen LogP contribution in [-0.4, -0.2) is 47.6 Å². The predicted molar refractivity (Wildman–Crippen MR) is 99.6 cm³/mol. The minimum absolute atomic E-state index is 0.767. The highest BCUT2D eigenvalue weighted by Crippen LogP contribution is 2.21. The average molecular weight is 336 g/mol. The lowest BCUT2D eigenvalue weighted by Crippen LogP contribution is -2.45. The molecule has 0 amide bonds. The maximum Gasteiger partial charge on any atom is 0.0890 e. The molecule has 1 aromatic heterocycles. The molecule has 0 bridgehead atoms. The van der Waals surface area contributed by atoms with Crippen LogP contribution >= 0.6 is 0 Å². The molecule has 3 heterocycles. The second-order valence-corrected chi connectivity index (χ2v) is 6.54. The highest BCUT2D eigenvalue weighted by atomic mass is 15.2. The van der Waals surface area contributed by atoms with Crippen LogP contribution in [0.25, 0.3) is 11.0 Å². The van der Waals surface area contributed by atoms with Crippen LogP contribution in [0.3, 0.4) is 0 Å². The number of piperazine rings is 1. The summed E-state index contributed by atoms with van der Waals surface area (Å²) in [5, 5.41) is 10.4. The van der Waals surface area contributed by atoms with Gasteiger partial charge in [-0.05, 0) is 30.2 Å². The highest BCUT2D eigenvalue weighted by Gasteiger charge is 2.21. The van der Waals surface area contributed by atoms with Crippen LogP contribution in [0.5, 0.6) is 0 Å². The number of dihydropyridines is 1. The first kappa shape index (κ1) is 15.9. The van der Waals surface area contributed by atoms with Gasteiger partial charge in [0.15, 0.2) is 0 Å². The summed E-state index contributed by atoms with van der Waals surface area (Å²) < 4.78 is 0. The first-order valence-corrected chi connectivity index (χ1v) is 8.84. The second kappa shape index (κ2) is 7.11. The van der Waals surface area contributed by atoms with Crippen molar-refractivity contribution in [3.63, 3.8) is 0 Å². The third kappa shape index (κ3) is 3.44. The van der Waals surface area contributed by atoms with Crippen LogP contribution in [-0.2, 0) is 6.54 Å². The fraction of sp³-hybridized carbons (Fsp3) is 0.368. The van der Waals surface area contributed by atoms with E-state index in [0.717, 1.165) is 50.3 Å². The molecule has 2 aromatic rings. The van der Waals surface area contributed by atoms with E-state index in [2.05, 4.69) is 56.1 Å². The molecule has 1 fully saturated rings. The largest absolute Gasteiger partial charge is 0.385 e. The molecule has 0 unspecified atom stereocenters. The van der Waals surface area contributed by atoms with Crippen LogP contribution in [0, 0.1) is 0 Å². The fourth-order valence-electron chi connectivity index (χ4n) is 3.47. The first-order valence-electron chi connectivity index (χ1n) is 8.84. The second-order valence-electron chi connectivity index (χ2n) is 6.54. The monoisotopic (exact) mass is 336 g/mol. The molecule has 1 saturated heterocycles. The molecule has 130 valence electrons. The molecule has 1 aromatic carbocycles. The average Bonchev–Trinajstić information content (AvgIpc) is 2.67. The predicted octanol–water partition coefficient (Wildman–Crippen LogP) is 1.34. The Morgan fingerprint density at radius 1 is 1.12 bits per heavy atom. The van der Waals surface area contributed by atoms with E-state index < -0.39 is 0 Å². The van der Waals surface area contributed by atoms with E-state index in [9.17, 15) is 0 Å². The summed E-state index contributed by atoms with van der Waals surface area (Å²) in [7, 11) is 0. The molecule has 6 heteroatoms. The number of rotatable bonds is 4. The molecule has 0 aliphatic carbocycles. The standard InChI is InChI=1S/C19H24N6/c1-14-11-21-13-18(19(14)25-8-6-20-7-9-25)24-12-15-2-3-16-17(10-15)23-5-4-22-16/h2-5,10,13,20-21,24H,6-9,11-12H2,1H3. The number of benzene rings is 1. The van der Waals surface area contributed by atoms with E-state index in [-0.39, 0.29) is 0 Å². The zero-order valence-electron chi connectivity index (χ0n) is 14.5. The maximum atomic E-state index is 4.40. The molecule has 2 aliphatic heterocycles. The van der Waals surface area contributed by atoms with Crippen LogP contribution in [0.1, 0.15) is 12.5 Å². The Morgan fingerprint density at radius 3 is 2.76 bits per heavy atom. The Kier molecular flexibility index (Phi) is 4.52. The number of fused-ring (bicyclic) bond motifs is 1. The molecule has 6 nitrogen and oxygen atoms in total. The Bertz CT molecular complexity index is 820. The van der Waals surface area contributed by atoms with E-state index in [4.69, 9.17) is 0 Å². The fourth-order valence-corrected chi connectivity index (χ4v) is 3.47. The lowest BCUT2D eigenvalue weighted by atomic mass is 10.1. The highest BCUT2D eigenvalue weighted by molar-refractivity contribution is 5.74. The van der Waals surface area contributed by atoms with Gasteiger partial charge in [0.2, 0.25) is 0 Å². The summed E-state index contributed by atoms with van der Waals surface area (Å²) in [6, 6.07) is 6.25. The van der Waals surface area contributed by atoms with E-state index in [1.54, 1.807) is 12.4 Å². The van der Waals surface area contributed by atoms with Gasteiger partial charge < -0.3 is 20.9 Å². The van der Waals surface area contributed by atoms with Crippen molar-refractivity contribution >= 4 is 11.0 Å². The van der Waals surface area contributed by atoms with Crippen LogP contribution in [0.2, 0.25) is 0 Å². The van der Waals surface area contributed by atoms with Gasteiger partial charge in [-0.25, -0.2) is 0 Å². The van der Waals surface area contributed by atoms with E-state index in [1.165, 1.54) is 22.5 Å². The van der Waals surface area contributed by atoms with Crippen molar-refractivity contribution in [2.75, 3.05) is 32.7 Å². The number of hydrogen-bond acceptors (Lipinski definition) is 6. The van der Waals surface area contributed by atoms with Crippen molar-refractivity contribution in [1.82, 2.24) is 30.8 Å². The van der Waals surface area contributed by atoms with E-state index in [0.29, 0.717) is 0 Å². The minimum Gasteiger partial charge on any atom is -0.385 e. The van der Waals surface area contributed by atoms with Gasteiger partial charge in [-0.1, -0.05) is 6.07 Å². The topological polar surface area (TPSA) is 65.1 Å². The van der Waals surface area contributed by atoms with Crippen molar-refractivity contribution in [3.8, 4) is 0 Å². The van der Waals surface area contributed by atoms with Crippen molar-refractivity contribution < 1.29 is 0 Å². The summed E-state index contributed by atoms with van der Waals surface area (Å²) in [4.78, 5) is 11.2. The van der Waals surface area contributed by atoms with Gasteiger partial charge in [0.05, 0.1) is 22.4 Å². The smallest absolute Gasteiger partial charge is 0.0890 e. The summed E-state index contributed by atoms with van der Waals surface area (Å²) in [5.41, 5.74) is 6.98. The summed E-state index contributed by atoms with van der Waals surface area (Å²) in [6.45, 7) is 8.08. The number of nitrogens with zero attached hydrogens (tertiary/aromatic N) is 3. The van der Waals surface area contributed by atoms with Gasteiger partial charge >= 0.3 is 0 Å². The van der Waals surface area contributed by atoms with Gasteiger partial charge in [0.25, 0.3) is 0 Å². The molecule has 2 aliphatic rings. The molecule has 0 spiro atoms. The SMILES string of the molecule is CC1=C(N2CCNCC2)C(NCc2ccc3nccnc3c2)=CNC1. The zero-order valence-corrected chi connectivity index (χ0v) is 14.5. The third-order valence-electron chi connectivity index (χ3n) is 4.72. The van der Waals surface area contributed by atoms with E-state index >= 15 is 0 Å². The summed E-state index contributed by atoms with van der Waals surface area (Å²) in [6.07, 6.45) is 5.57. The Morgan fingerprint density at radius 2 is 1.92 bits per heavy atom. The normalized spacial score (nSPS) is 18.1. The van der Waals surface area contributed by atoms with Crippen molar-refractivity contribution in [1.29, 1.82) is 0 Å². The van der Waals surface area contributed by atoms with Gasteiger partial charge in [-0.3, -0.25) is 9.97 Å². The Hall–Kier alpha value is -2.60. The lowest BCUT2D eigenvalue weighted by Gasteiger charge is -2.36. The maximum absolute atomic E-state index is 4.40. The van der Waals surface area contributed by atoms with Crippen LogP contribution < -0.4 is 16.0 Å². The minimum atomic E-state index is 0.767. The molecule has 3 N–H and O–H groups in total. The number of aromatic nitrogens is 2. The van der Waals surface area contributed by atoms with Gasteiger partial charge in [-0.15, -0.1) is 0 Å². The summed E-state index contributed by atoms with van der Waals surface area (Å²) >= 11 is 0. The van der Waals surface area contributed by atoms with Crippen LogP contribution in [0.15, 0.2) is 53.8 Å². The Balaban J connectivity index is 1.50. The first-order chi connectivity index (χ1) is 12.3. The molecular formula is C19H24N6. The third-order valence-corrected chi connectivity index (χ3v) is 4.72. The van der Waals surface area contributed by atoms with Crippen LogP contribution in [0.4, 0.5) is 0 Å². The van der Waals surface area contributed by atoms with Crippen molar-refractivity contribution in [2.45, 2.75) is 13.5 Å². The quantitative estimate of drug-likeness (QED) is 0.783. The molecule has 0 radical (unpaired) electrons. The zero-order chi connectivity index (χ0) is 17.1. The molecule has 25 heavy (non-hydrogen) atoms. The molecule has 0 atom stereocenters. The lowest BCUT2D eigenvalue weighted by molar-refractivity contribution is 0.296. The Labute approximate surface area is 148 Å². The van der Waals surface area contributed by atoms with Crippen molar-refractivity contribution in [3.05, 3.63) is 59.3 Å². The number of hydrogen-bond donors (Lipinski definition) is 3. The van der Waals surface area contributed by atoms with Gasteiger partial charge in [0, 0.05) is 57.9 Å². The van der Waals surface area contributed by atoms with Gasteiger partial charge in [-0.2, -0.15) is 0 Å². The van der Waals surface area contributed by atoms with Crippen molar-refractivity contribution in [2.24, 2.45) is 0 Å². The van der Waals surface area contributed by atoms with E-state index in [1.807, 2.05) is 6.07 Å².